The Morgan fingerprint density at radius 3 is 2.44 bits per heavy atom. The summed E-state index contributed by atoms with van der Waals surface area (Å²) in [6, 6.07) is 11.8. The fraction of sp³-hybridized carbons (Fsp3) is 0.200. The van der Waals surface area contributed by atoms with Crippen molar-refractivity contribution in [3.8, 4) is 11.5 Å². The molecule has 2 aromatic rings. The van der Waals surface area contributed by atoms with E-state index in [9.17, 15) is 9.59 Å². The first-order valence-corrected chi connectivity index (χ1v) is 8.85. The Morgan fingerprint density at radius 1 is 1.00 bits per heavy atom. The van der Waals surface area contributed by atoms with Crippen LogP contribution in [0.4, 0.5) is 0 Å². The van der Waals surface area contributed by atoms with Crippen LogP contribution >= 0.6 is 11.6 Å². The molecule has 0 saturated heterocycles. The van der Waals surface area contributed by atoms with Crippen LogP contribution in [0.3, 0.4) is 0 Å². The van der Waals surface area contributed by atoms with Crippen LogP contribution in [0, 0.1) is 0 Å². The molecule has 0 spiro atoms. The van der Waals surface area contributed by atoms with Gasteiger partial charge in [0.25, 0.3) is 11.8 Å². The van der Waals surface area contributed by atoms with Gasteiger partial charge in [-0.05, 0) is 55.8 Å². The monoisotopic (exact) mass is 388 g/mol. The number of carbonyl (C=O) groups excluding carboxylic acids is 2. The molecule has 0 aromatic heterocycles. The first-order chi connectivity index (χ1) is 13.0. The Labute approximate surface area is 163 Å². The second-order valence-corrected chi connectivity index (χ2v) is 5.80. The Kier molecular flexibility index (Phi) is 7.70. The van der Waals surface area contributed by atoms with Gasteiger partial charge >= 0.3 is 0 Å². The number of nitrogens with one attached hydrogen (secondary N) is 2. The standard InChI is InChI=1S/C20H21ClN2O4/c1-3-26-17-10-8-14(12-18(17)27-4-2)9-11-19(24)22-23-20(25)15-6-5-7-16(21)13-15/h5-13H,3-4H2,1-2H3,(H,22,24)(H,23,25)/b11-9+. The van der Waals surface area contributed by atoms with Gasteiger partial charge in [-0.15, -0.1) is 0 Å². The third-order valence-corrected chi connectivity index (χ3v) is 3.62. The fourth-order valence-corrected chi connectivity index (χ4v) is 2.40. The van der Waals surface area contributed by atoms with E-state index in [2.05, 4.69) is 10.9 Å². The first-order valence-electron chi connectivity index (χ1n) is 8.47. The highest BCUT2D eigenvalue weighted by atomic mass is 35.5. The van der Waals surface area contributed by atoms with E-state index >= 15 is 0 Å². The number of hydrogen-bond acceptors (Lipinski definition) is 4. The average molecular weight is 389 g/mol. The Bertz CT molecular complexity index is 836. The number of rotatable bonds is 7. The van der Waals surface area contributed by atoms with Gasteiger partial charge in [0.05, 0.1) is 13.2 Å². The van der Waals surface area contributed by atoms with Crippen LogP contribution in [0.25, 0.3) is 6.08 Å². The van der Waals surface area contributed by atoms with Gasteiger partial charge < -0.3 is 9.47 Å². The summed E-state index contributed by atoms with van der Waals surface area (Å²) in [6.07, 6.45) is 2.92. The lowest BCUT2D eigenvalue weighted by atomic mass is 10.2. The molecule has 0 unspecified atom stereocenters. The summed E-state index contributed by atoms with van der Waals surface area (Å²) < 4.78 is 11.0. The van der Waals surface area contributed by atoms with Gasteiger partial charge in [0, 0.05) is 16.7 Å². The first kappa shape index (κ1) is 20.3. The molecule has 0 bridgehead atoms. The summed E-state index contributed by atoms with van der Waals surface area (Å²) in [7, 11) is 0. The van der Waals surface area contributed by atoms with Gasteiger partial charge in [-0.25, -0.2) is 0 Å². The molecule has 27 heavy (non-hydrogen) atoms. The second-order valence-electron chi connectivity index (χ2n) is 5.36. The van der Waals surface area contributed by atoms with Gasteiger partial charge in [0.2, 0.25) is 0 Å². The third-order valence-electron chi connectivity index (χ3n) is 3.38. The van der Waals surface area contributed by atoms with E-state index in [1.165, 1.54) is 12.1 Å². The van der Waals surface area contributed by atoms with Crippen LogP contribution in [0.15, 0.2) is 48.5 Å². The summed E-state index contributed by atoms with van der Waals surface area (Å²) in [6.45, 7) is 4.81. The highest BCUT2D eigenvalue weighted by molar-refractivity contribution is 6.30. The van der Waals surface area contributed by atoms with E-state index in [1.807, 2.05) is 19.9 Å². The lowest BCUT2D eigenvalue weighted by Gasteiger charge is -2.11. The van der Waals surface area contributed by atoms with Crippen molar-refractivity contribution in [1.82, 2.24) is 10.9 Å². The number of ether oxygens (including phenoxy) is 2. The molecule has 2 amide bonds. The zero-order chi connectivity index (χ0) is 19.6. The van der Waals surface area contributed by atoms with E-state index in [4.69, 9.17) is 21.1 Å². The minimum absolute atomic E-state index is 0.347. The van der Waals surface area contributed by atoms with Crippen molar-refractivity contribution in [2.45, 2.75) is 13.8 Å². The molecule has 0 aliphatic rings. The normalized spacial score (nSPS) is 10.5. The Balaban J connectivity index is 1.95. The van der Waals surface area contributed by atoms with Crippen molar-refractivity contribution >= 4 is 29.5 Å². The SMILES string of the molecule is CCOc1ccc(/C=C/C(=O)NNC(=O)c2cccc(Cl)c2)cc1OCC. The van der Waals surface area contributed by atoms with Crippen LogP contribution in [-0.4, -0.2) is 25.0 Å². The van der Waals surface area contributed by atoms with Crippen molar-refractivity contribution in [3.05, 3.63) is 64.7 Å². The van der Waals surface area contributed by atoms with Crippen molar-refractivity contribution in [1.29, 1.82) is 0 Å². The maximum Gasteiger partial charge on any atom is 0.269 e. The van der Waals surface area contributed by atoms with E-state index in [-0.39, 0.29) is 0 Å². The van der Waals surface area contributed by atoms with Gasteiger partial charge in [0.1, 0.15) is 0 Å². The van der Waals surface area contributed by atoms with E-state index in [0.717, 1.165) is 5.56 Å². The number of hydrogen-bond donors (Lipinski definition) is 2. The molecule has 7 heteroatoms. The Hall–Kier alpha value is -2.99. The number of hydrazine groups is 1. The topological polar surface area (TPSA) is 76.7 Å². The number of carbonyl (C=O) groups is 2. The van der Waals surface area contributed by atoms with Gasteiger partial charge in [-0.2, -0.15) is 0 Å². The summed E-state index contributed by atoms with van der Waals surface area (Å²) >= 11 is 5.84. The highest BCUT2D eigenvalue weighted by Gasteiger charge is 2.07. The molecule has 0 fully saturated rings. The maximum absolute atomic E-state index is 12.0. The predicted octanol–water partition coefficient (Wildman–Crippen LogP) is 3.61. The van der Waals surface area contributed by atoms with Gasteiger partial charge in [0.15, 0.2) is 11.5 Å². The molecule has 0 radical (unpaired) electrons. The van der Waals surface area contributed by atoms with Crippen LogP contribution < -0.4 is 20.3 Å². The largest absolute Gasteiger partial charge is 0.490 e. The zero-order valence-corrected chi connectivity index (χ0v) is 15.9. The molecular formula is C20H21ClN2O4. The molecule has 2 rings (SSSR count). The molecule has 0 aliphatic carbocycles. The predicted molar refractivity (Wildman–Crippen MR) is 105 cm³/mol. The number of benzene rings is 2. The molecule has 6 nitrogen and oxygen atoms in total. The van der Waals surface area contributed by atoms with Crippen LogP contribution in [-0.2, 0) is 4.79 Å². The van der Waals surface area contributed by atoms with E-state index in [0.29, 0.717) is 35.3 Å². The van der Waals surface area contributed by atoms with Crippen molar-refractivity contribution in [2.24, 2.45) is 0 Å². The second kappa shape index (κ2) is 10.2. The molecule has 0 saturated carbocycles. The smallest absolute Gasteiger partial charge is 0.269 e. The highest BCUT2D eigenvalue weighted by Crippen LogP contribution is 2.28. The summed E-state index contributed by atoms with van der Waals surface area (Å²) in [5.41, 5.74) is 5.75. The summed E-state index contributed by atoms with van der Waals surface area (Å²) in [4.78, 5) is 23.9. The van der Waals surface area contributed by atoms with Crippen molar-refractivity contribution < 1.29 is 19.1 Å². The summed E-state index contributed by atoms with van der Waals surface area (Å²) in [5.74, 6) is 0.321. The van der Waals surface area contributed by atoms with E-state index in [1.54, 1.807) is 36.4 Å². The van der Waals surface area contributed by atoms with Gasteiger partial charge in [-0.3, -0.25) is 20.4 Å². The lowest BCUT2D eigenvalue weighted by molar-refractivity contribution is -0.117. The van der Waals surface area contributed by atoms with E-state index < -0.39 is 11.8 Å². The fourth-order valence-electron chi connectivity index (χ4n) is 2.21. The molecule has 0 aliphatic heterocycles. The van der Waals surface area contributed by atoms with Crippen molar-refractivity contribution in [3.63, 3.8) is 0 Å². The quantitative estimate of drug-likeness (QED) is 0.561. The minimum Gasteiger partial charge on any atom is -0.490 e. The van der Waals surface area contributed by atoms with Crippen molar-refractivity contribution in [2.75, 3.05) is 13.2 Å². The number of halogens is 1. The minimum atomic E-state index is -0.475. The maximum atomic E-state index is 12.0. The zero-order valence-electron chi connectivity index (χ0n) is 15.1. The molecule has 2 aromatic carbocycles. The third kappa shape index (κ3) is 6.34. The van der Waals surface area contributed by atoms with Gasteiger partial charge in [-0.1, -0.05) is 23.7 Å². The molecule has 0 atom stereocenters. The molecule has 142 valence electrons. The van der Waals surface area contributed by atoms with Crippen LogP contribution in [0.1, 0.15) is 29.8 Å². The summed E-state index contributed by atoms with van der Waals surface area (Å²) in [5, 5.41) is 0.439. The Morgan fingerprint density at radius 2 is 1.74 bits per heavy atom. The lowest BCUT2D eigenvalue weighted by Crippen LogP contribution is -2.40. The molecular weight excluding hydrogens is 368 g/mol. The van der Waals surface area contributed by atoms with Crippen LogP contribution in [0.5, 0.6) is 11.5 Å². The van der Waals surface area contributed by atoms with Crippen LogP contribution in [0.2, 0.25) is 5.02 Å². The average Bonchev–Trinajstić information content (AvgIpc) is 2.66. The molecule has 0 heterocycles. The number of amides is 2. The molecule has 2 N–H and O–H groups in total.